The summed E-state index contributed by atoms with van der Waals surface area (Å²) >= 11 is 0. The molecule has 120 valence electrons. The van der Waals surface area contributed by atoms with E-state index in [9.17, 15) is 4.79 Å². The van der Waals surface area contributed by atoms with Crippen molar-refractivity contribution in [1.82, 2.24) is 5.43 Å². The summed E-state index contributed by atoms with van der Waals surface area (Å²) in [7, 11) is 3.94. The third kappa shape index (κ3) is 5.47. The summed E-state index contributed by atoms with van der Waals surface area (Å²) in [4.78, 5) is 13.7. The minimum Gasteiger partial charge on any atom is -0.484 e. The largest absolute Gasteiger partial charge is 0.484 e. The van der Waals surface area contributed by atoms with Gasteiger partial charge in [-0.2, -0.15) is 5.10 Å². The van der Waals surface area contributed by atoms with Crippen LogP contribution in [0, 0.1) is 6.92 Å². The SMILES string of the molecule is Cc1ccc(C=NNC(=O)COc2ccc(N(C)C)cc2)cc1. The normalized spacial score (nSPS) is 10.6. The maximum Gasteiger partial charge on any atom is 0.277 e. The van der Waals surface area contributed by atoms with Crippen molar-refractivity contribution in [3.8, 4) is 5.75 Å². The number of benzene rings is 2. The van der Waals surface area contributed by atoms with E-state index in [-0.39, 0.29) is 12.5 Å². The van der Waals surface area contributed by atoms with Crippen LogP contribution in [-0.2, 0) is 4.79 Å². The molecule has 0 heterocycles. The van der Waals surface area contributed by atoms with Crippen LogP contribution < -0.4 is 15.1 Å². The molecular weight excluding hydrogens is 290 g/mol. The highest BCUT2D eigenvalue weighted by Gasteiger charge is 2.02. The van der Waals surface area contributed by atoms with E-state index in [0.717, 1.165) is 11.3 Å². The van der Waals surface area contributed by atoms with Gasteiger partial charge in [0, 0.05) is 19.8 Å². The van der Waals surface area contributed by atoms with Crippen LogP contribution >= 0.6 is 0 Å². The Bertz CT molecular complexity index is 662. The lowest BCUT2D eigenvalue weighted by Gasteiger charge is -2.12. The molecule has 5 nitrogen and oxygen atoms in total. The zero-order chi connectivity index (χ0) is 16.7. The first-order chi connectivity index (χ1) is 11.0. The number of amides is 1. The minimum absolute atomic E-state index is 0.0768. The Morgan fingerprint density at radius 1 is 1.13 bits per heavy atom. The predicted octanol–water partition coefficient (Wildman–Crippen LogP) is 2.59. The fourth-order valence-corrected chi connectivity index (χ4v) is 1.85. The number of hydrazone groups is 1. The van der Waals surface area contributed by atoms with Gasteiger partial charge in [-0.05, 0) is 36.8 Å². The third-order valence-corrected chi connectivity index (χ3v) is 3.20. The van der Waals surface area contributed by atoms with Crippen molar-refractivity contribution in [2.45, 2.75) is 6.92 Å². The first-order valence-electron chi connectivity index (χ1n) is 7.33. The van der Waals surface area contributed by atoms with Crippen LogP contribution in [0.2, 0.25) is 0 Å². The molecule has 2 aromatic rings. The number of hydrogen-bond acceptors (Lipinski definition) is 4. The van der Waals surface area contributed by atoms with Gasteiger partial charge in [-0.3, -0.25) is 4.79 Å². The zero-order valence-corrected chi connectivity index (χ0v) is 13.6. The monoisotopic (exact) mass is 311 g/mol. The lowest BCUT2D eigenvalue weighted by molar-refractivity contribution is -0.123. The van der Waals surface area contributed by atoms with Crippen molar-refractivity contribution in [3.05, 3.63) is 59.7 Å². The van der Waals surface area contributed by atoms with E-state index in [1.54, 1.807) is 6.21 Å². The molecule has 2 aromatic carbocycles. The number of carbonyl (C=O) groups is 1. The first kappa shape index (κ1) is 16.5. The van der Waals surface area contributed by atoms with Crippen molar-refractivity contribution in [2.24, 2.45) is 5.10 Å². The van der Waals surface area contributed by atoms with E-state index >= 15 is 0 Å². The molecule has 23 heavy (non-hydrogen) atoms. The fraction of sp³-hybridized carbons (Fsp3) is 0.222. The van der Waals surface area contributed by atoms with Crippen molar-refractivity contribution in [1.29, 1.82) is 0 Å². The van der Waals surface area contributed by atoms with Crippen LogP contribution in [0.15, 0.2) is 53.6 Å². The van der Waals surface area contributed by atoms with Gasteiger partial charge in [0.05, 0.1) is 6.21 Å². The van der Waals surface area contributed by atoms with E-state index in [1.165, 1.54) is 5.56 Å². The standard InChI is InChI=1S/C18H21N3O2/c1-14-4-6-15(7-5-14)12-19-20-18(22)13-23-17-10-8-16(9-11-17)21(2)3/h4-12H,13H2,1-3H3,(H,20,22). The van der Waals surface area contributed by atoms with Crippen molar-refractivity contribution in [3.63, 3.8) is 0 Å². The Balaban J connectivity index is 1.77. The van der Waals surface area contributed by atoms with Crippen LogP contribution in [0.3, 0.4) is 0 Å². The molecule has 2 rings (SSSR count). The van der Waals surface area contributed by atoms with Gasteiger partial charge in [-0.15, -0.1) is 0 Å². The maximum absolute atomic E-state index is 11.7. The molecule has 0 spiro atoms. The topological polar surface area (TPSA) is 53.9 Å². The van der Waals surface area contributed by atoms with Gasteiger partial charge in [-0.1, -0.05) is 29.8 Å². The van der Waals surface area contributed by atoms with E-state index in [1.807, 2.05) is 74.4 Å². The lowest BCUT2D eigenvalue weighted by Crippen LogP contribution is -2.24. The number of nitrogens with zero attached hydrogens (tertiary/aromatic N) is 2. The molecular formula is C18H21N3O2. The maximum atomic E-state index is 11.7. The highest BCUT2D eigenvalue weighted by molar-refractivity contribution is 5.82. The zero-order valence-electron chi connectivity index (χ0n) is 13.6. The molecule has 0 atom stereocenters. The molecule has 0 unspecified atom stereocenters. The summed E-state index contributed by atoms with van der Waals surface area (Å²) in [5, 5.41) is 3.91. The molecule has 0 aliphatic carbocycles. The minimum atomic E-state index is -0.301. The van der Waals surface area contributed by atoms with Gasteiger partial charge in [0.1, 0.15) is 5.75 Å². The molecule has 0 aliphatic heterocycles. The number of carbonyl (C=O) groups excluding carboxylic acids is 1. The highest BCUT2D eigenvalue weighted by atomic mass is 16.5. The average Bonchev–Trinajstić information content (AvgIpc) is 2.55. The number of aryl methyl sites for hydroxylation is 1. The molecule has 0 saturated carbocycles. The van der Waals surface area contributed by atoms with Gasteiger partial charge in [0.25, 0.3) is 5.91 Å². The van der Waals surface area contributed by atoms with Gasteiger partial charge in [-0.25, -0.2) is 5.43 Å². The second-order valence-corrected chi connectivity index (χ2v) is 5.38. The Kier molecular flexibility index (Phi) is 5.74. The molecule has 1 N–H and O–H groups in total. The van der Waals surface area contributed by atoms with Crippen LogP contribution in [0.1, 0.15) is 11.1 Å². The Morgan fingerprint density at radius 3 is 2.39 bits per heavy atom. The second-order valence-electron chi connectivity index (χ2n) is 5.38. The van der Waals surface area contributed by atoms with E-state index in [4.69, 9.17) is 4.74 Å². The number of ether oxygens (including phenoxy) is 1. The molecule has 0 bridgehead atoms. The average molecular weight is 311 g/mol. The fourth-order valence-electron chi connectivity index (χ4n) is 1.85. The smallest absolute Gasteiger partial charge is 0.277 e. The first-order valence-corrected chi connectivity index (χ1v) is 7.33. The molecule has 0 aliphatic rings. The van der Waals surface area contributed by atoms with Crippen molar-refractivity contribution < 1.29 is 9.53 Å². The summed E-state index contributed by atoms with van der Waals surface area (Å²) in [6.45, 7) is 1.94. The quantitative estimate of drug-likeness (QED) is 0.659. The second kappa shape index (κ2) is 7.98. The Hall–Kier alpha value is -2.82. The number of anilines is 1. The van der Waals surface area contributed by atoms with E-state index < -0.39 is 0 Å². The van der Waals surface area contributed by atoms with Gasteiger partial charge in [0.15, 0.2) is 6.61 Å². The lowest BCUT2D eigenvalue weighted by atomic mass is 10.2. The summed E-state index contributed by atoms with van der Waals surface area (Å²) < 4.78 is 5.42. The highest BCUT2D eigenvalue weighted by Crippen LogP contribution is 2.17. The Morgan fingerprint density at radius 2 is 1.78 bits per heavy atom. The predicted molar refractivity (Wildman–Crippen MR) is 93.2 cm³/mol. The number of nitrogens with one attached hydrogen (secondary N) is 1. The number of hydrogen-bond donors (Lipinski definition) is 1. The molecule has 0 aromatic heterocycles. The summed E-state index contributed by atoms with van der Waals surface area (Å²) in [5.41, 5.74) is 5.62. The van der Waals surface area contributed by atoms with E-state index in [0.29, 0.717) is 5.75 Å². The number of rotatable bonds is 6. The summed E-state index contributed by atoms with van der Waals surface area (Å²) in [5.74, 6) is 0.346. The van der Waals surface area contributed by atoms with Crippen LogP contribution in [-0.4, -0.2) is 32.8 Å². The molecule has 1 amide bonds. The summed E-state index contributed by atoms with van der Waals surface area (Å²) in [6.07, 6.45) is 1.60. The Labute approximate surface area is 136 Å². The van der Waals surface area contributed by atoms with Crippen LogP contribution in [0.5, 0.6) is 5.75 Å². The molecule has 0 fully saturated rings. The summed E-state index contributed by atoms with van der Waals surface area (Å²) in [6, 6.07) is 15.4. The van der Waals surface area contributed by atoms with Gasteiger partial charge in [0.2, 0.25) is 0 Å². The third-order valence-electron chi connectivity index (χ3n) is 3.20. The van der Waals surface area contributed by atoms with Gasteiger partial charge < -0.3 is 9.64 Å². The van der Waals surface area contributed by atoms with Crippen molar-refractivity contribution >= 4 is 17.8 Å². The van der Waals surface area contributed by atoms with E-state index in [2.05, 4.69) is 10.5 Å². The molecule has 0 radical (unpaired) electrons. The van der Waals surface area contributed by atoms with Gasteiger partial charge >= 0.3 is 0 Å². The molecule has 0 saturated heterocycles. The molecule has 5 heteroatoms. The van der Waals surface area contributed by atoms with Crippen LogP contribution in [0.25, 0.3) is 0 Å². The van der Waals surface area contributed by atoms with Crippen molar-refractivity contribution in [2.75, 3.05) is 25.6 Å². The van der Waals surface area contributed by atoms with Crippen LogP contribution in [0.4, 0.5) is 5.69 Å².